The molecule has 1 saturated heterocycles. The first-order valence-electron chi connectivity index (χ1n) is 10.5. The van der Waals surface area contributed by atoms with Crippen molar-refractivity contribution >= 4 is 6.09 Å². The largest absolute Gasteiger partial charge is 0.489 e. The number of rotatable bonds is 9. The van der Waals surface area contributed by atoms with Gasteiger partial charge in [-0.3, -0.25) is 0 Å². The molecule has 1 fully saturated rings. The maximum atomic E-state index is 13.2. The van der Waals surface area contributed by atoms with Crippen LogP contribution in [0.25, 0.3) is 0 Å². The van der Waals surface area contributed by atoms with Gasteiger partial charge in [0.2, 0.25) is 0 Å². The van der Waals surface area contributed by atoms with E-state index < -0.39 is 36.5 Å². The molecule has 34 heavy (non-hydrogen) atoms. The van der Waals surface area contributed by atoms with Crippen LogP contribution in [-0.4, -0.2) is 24.7 Å². The van der Waals surface area contributed by atoms with E-state index in [1.165, 1.54) is 12.1 Å². The third kappa shape index (κ3) is 5.78. The zero-order valence-corrected chi connectivity index (χ0v) is 17.8. The van der Waals surface area contributed by atoms with Gasteiger partial charge >= 0.3 is 18.6 Å². The Labute approximate surface area is 193 Å². The number of benzene rings is 3. The lowest BCUT2D eigenvalue weighted by molar-refractivity contribution is -0.253. The van der Waals surface area contributed by atoms with Gasteiger partial charge in [0.1, 0.15) is 24.2 Å². The molecule has 0 bridgehead atoms. The summed E-state index contributed by atoms with van der Waals surface area (Å²) < 4.78 is 66.6. The number of amides is 1. The second-order valence-electron chi connectivity index (χ2n) is 7.74. The van der Waals surface area contributed by atoms with Crippen LogP contribution in [0.4, 0.5) is 22.4 Å². The van der Waals surface area contributed by atoms with Crippen LogP contribution in [0.1, 0.15) is 22.8 Å². The summed E-state index contributed by atoms with van der Waals surface area (Å²) in [4.78, 5) is 11.9. The summed E-state index contributed by atoms with van der Waals surface area (Å²) in [5, 5.41) is 2.70. The second-order valence-corrected chi connectivity index (χ2v) is 7.74. The lowest BCUT2D eigenvalue weighted by Gasteiger charge is -2.19. The van der Waals surface area contributed by atoms with Crippen LogP contribution < -0.4 is 14.8 Å². The van der Waals surface area contributed by atoms with Crippen LogP contribution in [0.15, 0.2) is 78.9 Å². The summed E-state index contributed by atoms with van der Waals surface area (Å²) in [6.07, 6.45) is -9.60. The molecule has 2 atom stereocenters. The fourth-order valence-corrected chi connectivity index (χ4v) is 3.60. The number of alkyl halides is 4. The number of ether oxygens (including phenoxy) is 3. The third-order valence-corrected chi connectivity index (χ3v) is 5.22. The molecule has 1 amide bonds. The lowest BCUT2D eigenvalue weighted by atomic mass is 9.96. The Morgan fingerprint density at radius 3 is 2.32 bits per heavy atom. The third-order valence-electron chi connectivity index (χ3n) is 5.22. The minimum atomic E-state index is -4.60. The summed E-state index contributed by atoms with van der Waals surface area (Å²) in [6.45, 7) is 0.409. The van der Waals surface area contributed by atoms with Crippen LogP contribution in [-0.2, 0) is 17.8 Å². The first-order chi connectivity index (χ1) is 16.3. The minimum Gasteiger partial charge on any atom is -0.489 e. The lowest BCUT2D eigenvalue weighted by Crippen LogP contribution is -2.33. The summed E-state index contributed by atoms with van der Waals surface area (Å²) >= 11 is 0. The van der Waals surface area contributed by atoms with E-state index >= 15 is 0 Å². The first-order valence-corrected chi connectivity index (χ1v) is 10.5. The highest BCUT2D eigenvalue weighted by Crippen LogP contribution is 2.32. The van der Waals surface area contributed by atoms with Crippen LogP contribution >= 0.6 is 0 Å². The summed E-state index contributed by atoms with van der Waals surface area (Å²) in [7, 11) is 0. The fourth-order valence-electron chi connectivity index (χ4n) is 3.60. The molecule has 1 N–H and O–H groups in total. The number of cyclic esters (lactones) is 1. The van der Waals surface area contributed by atoms with Crippen molar-refractivity contribution in [2.45, 2.75) is 37.7 Å². The molecule has 1 aliphatic rings. The molecule has 3 aromatic carbocycles. The van der Waals surface area contributed by atoms with Gasteiger partial charge in [-0.15, -0.1) is 0 Å². The molecule has 0 aromatic heterocycles. The molecule has 0 spiro atoms. The Balaban J connectivity index is 1.42. The van der Waals surface area contributed by atoms with E-state index in [2.05, 4.69) is 10.1 Å². The van der Waals surface area contributed by atoms with Gasteiger partial charge in [-0.1, -0.05) is 54.6 Å². The van der Waals surface area contributed by atoms with E-state index in [-0.39, 0.29) is 6.42 Å². The number of nitrogens with one attached hydrogen (secondary N) is 1. The highest BCUT2D eigenvalue weighted by atomic mass is 19.3. The minimum absolute atomic E-state index is 0.208. The van der Waals surface area contributed by atoms with Gasteiger partial charge in [0.15, 0.2) is 0 Å². The van der Waals surface area contributed by atoms with Crippen molar-refractivity contribution in [1.82, 2.24) is 5.32 Å². The van der Waals surface area contributed by atoms with Crippen molar-refractivity contribution in [3.8, 4) is 11.5 Å². The van der Waals surface area contributed by atoms with Crippen LogP contribution in [0.5, 0.6) is 11.5 Å². The Bertz CT molecular complexity index is 1110. The van der Waals surface area contributed by atoms with Crippen molar-refractivity contribution in [2.24, 2.45) is 0 Å². The maximum Gasteiger partial charge on any atom is 0.461 e. The molecule has 5 nitrogen and oxygen atoms in total. The molecule has 4 rings (SSSR count). The van der Waals surface area contributed by atoms with E-state index in [1.54, 1.807) is 30.3 Å². The van der Waals surface area contributed by atoms with E-state index in [0.29, 0.717) is 23.5 Å². The average molecular weight is 475 g/mol. The first kappa shape index (κ1) is 23.4. The number of halogens is 4. The van der Waals surface area contributed by atoms with Crippen molar-refractivity contribution in [2.75, 3.05) is 0 Å². The monoisotopic (exact) mass is 475 g/mol. The predicted molar refractivity (Wildman–Crippen MR) is 115 cm³/mol. The zero-order chi connectivity index (χ0) is 24.1. The van der Waals surface area contributed by atoms with Gasteiger partial charge in [0.05, 0.1) is 6.04 Å². The van der Waals surface area contributed by atoms with Crippen LogP contribution in [0.3, 0.4) is 0 Å². The van der Waals surface area contributed by atoms with E-state index in [4.69, 9.17) is 9.47 Å². The maximum absolute atomic E-state index is 13.2. The standard InChI is InChI=1S/C25H21F4NO4/c26-23(27)25(28,29)34-20-8-4-7-17(13-20)14-21-22(33-24(31)30-21)18-9-11-19(12-10-18)32-15-16-5-2-1-3-6-16/h1-13,21-23H,14-15H2,(H,30,31). The topological polar surface area (TPSA) is 56.8 Å². The van der Waals surface area contributed by atoms with Crippen LogP contribution in [0, 0.1) is 0 Å². The normalized spacial score (nSPS) is 17.9. The second kappa shape index (κ2) is 10.0. The quantitative estimate of drug-likeness (QED) is 0.392. The van der Waals surface area contributed by atoms with Crippen molar-refractivity contribution in [1.29, 1.82) is 0 Å². The molecule has 3 aromatic rings. The highest BCUT2D eigenvalue weighted by Gasteiger charge is 2.44. The van der Waals surface area contributed by atoms with Crippen molar-refractivity contribution < 1.29 is 36.6 Å². The number of carbonyl (C=O) groups is 1. The fraction of sp³-hybridized carbons (Fsp3) is 0.240. The number of hydrogen-bond acceptors (Lipinski definition) is 4. The van der Waals surface area contributed by atoms with Gasteiger partial charge in [-0.2, -0.15) is 17.6 Å². The van der Waals surface area contributed by atoms with Gasteiger partial charge in [0, 0.05) is 0 Å². The SMILES string of the molecule is O=C1NC(Cc2cccc(OC(F)(F)C(F)F)c2)C(c2ccc(OCc3ccccc3)cc2)O1. The van der Waals surface area contributed by atoms with Crippen molar-refractivity contribution in [3.63, 3.8) is 0 Å². The van der Waals surface area contributed by atoms with Gasteiger partial charge in [0.25, 0.3) is 0 Å². The van der Waals surface area contributed by atoms with E-state index in [1.807, 2.05) is 30.3 Å². The molecule has 178 valence electrons. The Morgan fingerprint density at radius 2 is 1.62 bits per heavy atom. The van der Waals surface area contributed by atoms with Gasteiger partial charge < -0.3 is 19.5 Å². The Morgan fingerprint density at radius 1 is 0.912 bits per heavy atom. The molecule has 0 saturated carbocycles. The predicted octanol–water partition coefficient (Wildman–Crippen LogP) is 5.89. The molecule has 1 aliphatic heterocycles. The molecule has 2 unspecified atom stereocenters. The molecular weight excluding hydrogens is 454 g/mol. The smallest absolute Gasteiger partial charge is 0.461 e. The van der Waals surface area contributed by atoms with E-state index in [9.17, 15) is 22.4 Å². The molecule has 1 heterocycles. The van der Waals surface area contributed by atoms with Gasteiger partial charge in [-0.05, 0) is 47.4 Å². The zero-order valence-electron chi connectivity index (χ0n) is 17.8. The average Bonchev–Trinajstić information content (AvgIpc) is 3.18. The summed E-state index contributed by atoms with van der Waals surface area (Å²) in [5.74, 6) is 0.246. The van der Waals surface area contributed by atoms with Crippen molar-refractivity contribution in [3.05, 3.63) is 95.6 Å². The molecular formula is C25H21F4NO4. The Kier molecular flexibility index (Phi) is 6.90. The van der Waals surface area contributed by atoms with E-state index in [0.717, 1.165) is 11.6 Å². The summed E-state index contributed by atoms with van der Waals surface area (Å²) in [6, 6.07) is 21.7. The Hall–Kier alpha value is -3.75. The van der Waals surface area contributed by atoms with Gasteiger partial charge in [-0.25, -0.2) is 4.79 Å². The molecule has 0 radical (unpaired) electrons. The number of alkyl carbamates (subject to hydrolysis) is 1. The summed E-state index contributed by atoms with van der Waals surface area (Å²) in [5.41, 5.74) is 2.25. The molecule has 0 aliphatic carbocycles. The number of hydrogen-bond donors (Lipinski definition) is 1. The molecule has 9 heteroatoms. The van der Waals surface area contributed by atoms with Crippen LogP contribution in [0.2, 0.25) is 0 Å². The highest BCUT2D eigenvalue weighted by molar-refractivity contribution is 5.70. The number of carbonyl (C=O) groups excluding carboxylic acids is 1.